The van der Waals surface area contributed by atoms with E-state index in [1.165, 1.54) is 20.4 Å². The SMILES string of the molecule is CO/N=C(C)/C=N/OC(C)c1ccccc1NC(=O)OC. The fourth-order valence-corrected chi connectivity index (χ4v) is 1.55. The molecule has 0 bridgehead atoms. The van der Waals surface area contributed by atoms with Crippen molar-refractivity contribution < 1.29 is 19.2 Å². The number of nitrogens with zero attached hydrogens (tertiary/aromatic N) is 2. The van der Waals surface area contributed by atoms with Crippen LogP contribution in [0.25, 0.3) is 0 Å². The van der Waals surface area contributed by atoms with Crippen LogP contribution in [0.3, 0.4) is 0 Å². The van der Waals surface area contributed by atoms with E-state index in [1.54, 1.807) is 19.1 Å². The van der Waals surface area contributed by atoms with E-state index in [1.807, 2.05) is 19.1 Å². The van der Waals surface area contributed by atoms with Crippen LogP contribution in [-0.4, -0.2) is 32.2 Å². The molecule has 0 spiro atoms. The summed E-state index contributed by atoms with van der Waals surface area (Å²) in [5.41, 5.74) is 1.96. The molecule has 0 saturated carbocycles. The molecular weight excluding hydrogens is 274 g/mol. The molecule has 7 heteroatoms. The van der Waals surface area contributed by atoms with Crippen LogP contribution >= 0.6 is 0 Å². The van der Waals surface area contributed by atoms with Gasteiger partial charge in [-0.1, -0.05) is 28.5 Å². The Morgan fingerprint density at radius 3 is 2.71 bits per heavy atom. The Morgan fingerprint density at radius 1 is 1.33 bits per heavy atom. The molecule has 0 aliphatic heterocycles. The first-order chi connectivity index (χ1) is 10.1. The molecule has 1 unspecified atom stereocenters. The van der Waals surface area contributed by atoms with Crippen LogP contribution < -0.4 is 5.32 Å². The Balaban J connectivity index is 2.76. The minimum absolute atomic E-state index is 0.357. The summed E-state index contributed by atoms with van der Waals surface area (Å²) in [4.78, 5) is 21.2. The minimum atomic E-state index is -0.541. The average Bonchev–Trinajstić information content (AvgIpc) is 2.47. The van der Waals surface area contributed by atoms with Crippen molar-refractivity contribution in [3.63, 3.8) is 0 Å². The molecule has 1 N–H and O–H groups in total. The Kier molecular flexibility index (Phi) is 6.73. The fraction of sp³-hybridized carbons (Fsp3) is 0.357. The van der Waals surface area contributed by atoms with Crippen molar-refractivity contribution in [2.24, 2.45) is 10.3 Å². The molecule has 1 amide bonds. The summed E-state index contributed by atoms with van der Waals surface area (Å²) in [5, 5.41) is 10.1. The highest BCUT2D eigenvalue weighted by Crippen LogP contribution is 2.25. The molecule has 0 radical (unpaired) electrons. The molecule has 21 heavy (non-hydrogen) atoms. The number of carbonyl (C=O) groups excluding carboxylic acids is 1. The Bertz CT molecular complexity index is 529. The maximum atomic E-state index is 11.3. The van der Waals surface area contributed by atoms with E-state index >= 15 is 0 Å². The van der Waals surface area contributed by atoms with Crippen LogP contribution in [0.1, 0.15) is 25.5 Å². The number of benzene rings is 1. The maximum Gasteiger partial charge on any atom is 0.411 e. The number of ether oxygens (including phenoxy) is 1. The van der Waals surface area contributed by atoms with Gasteiger partial charge in [0.1, 0.15) is 7.11 Å². The van der Waals surface area contributed by atoms with Crippen molar-refractivity contribution in [1.82, 2.24) is 0 Å². The summed E-state index contributed by atoms with van der Waals surface area (Å²) in [7, 11) is 2.76. The largest absolute Gasteiger partial charge is 0.453 e. The lowest BCUT2D eigenvalue weighted by Crippen LogP contribution is -2.13. The number of hydrogen-bond acceptors (Lipinski definition) is 6. The molecule has 1 aromatic rings. The van der Waals surface area contributed by atoms with Gasteiger partial charge >= 0.3 is 6.09 Å². The number of hydrogen-bond donors (Lipinski definition) is 1. The number of oxime groups is 2. The molecule has 0 aliphatic carbocycles. The molecule has 0 fully saturated rings. The van der Waals surface area contributed by atoms with Crippen LogP contribution in [-0.2, 0) is 14.4 Å². The van der Waals surface area contributed by atoms with Gasteiger partial charge in [-0.2, -0.15) is 0 Å². The summed E-state index contributed by atoms with van der Waals surface area (Å²) < 4.78 is 4.58. The highest BCUT2D eigenvalue weighted by atomic mass is 16.6. The van der Waals surface area contributed by atoms with E-state index in [4.69, 9.17) is 4.84 Å². The zero-order chi connectivity index (χ0) is 15.7. The van der Waals surface area contributed by atoms with E-state index < -0.39 is 6.09 Å². The maximum absolute atomic E-state index is 11.3. The lowest BCUT2D eigenvalue weighted by molar-refractivity contribution is 0.0743. The molecule has 0 saturated heterocycles. The third kappa shape index (κ3) is 5.52. The van der Waals surface area contributed by atoms with Gasteiger partial charge in [-0.25, -0.2) is 4.79 Å². The summed E-state index contributed by atoms with van der Waals surface area (Å²) in [6.45, 7) is 3.55. The molecule has 0 aromatic heterocycles. The molecule has 1 aromatic carbocycles. The molecule has 1 rings (SSSR count). The zero-order valence-electron chi connectivity index (χ0n) is 12.5. The number of nitrogens with one attached hydrogen (secondary N) is 1. The monoisotopic (exact) mass is 293 g/mol. The van der Waals surface area contributed by atoms with Crippen molar-refractivity contribution in [3.05, 3.63) is 29.8 Å². The second-order valence-electron chi connectivity index (χ2n) is 4.10. The summed E-state index contributed by atoms with van der Waals surface area (Å²) in [6, 6.07) is 7.24. The van der Waals surface area contributed by atoms with Gasteiger partial charge in [-0.05, 0) is 19.9 Å². The predicted molar refractivity (Wildman–Crippen MR) is 80.6 cm³/mol. The molecule has 114 valence electrons. The van der Waals surface area contributed by atoms with Gasteiger partial charge in [-0.3, -0.25) is 5.32 Å². The van der Waals surface area contributed by atoms with E-state index in [-0.39, 0.29) is 6.10 Å². The third-order valence-electron chi connectivity index (χ3n) is 2.51. The van der Waals surface area contributed by atoms with Crippen molar-refractivity contribution in [2.75, 3.05) is 19.5 Å². The second-order valence-corrected chi connectivity index (χ2v) is 4.10. The Morgan fingerprint density at radius 2 is 2.05 bits per heavy atom. The average molecular weight is 293 g/mol. The lowest BCUT2D eigenvalue weighted by Gasteiger charge is -2.14. The number of rotatable bonds is 6. The smallest absolute Gasteiger partial charge is 0.411 e. The standard InChI is InChI=1S/C14H19N3O4/c1-10(17-20-4)9-15-21-11(2)12-7-5-6-8-13(12)16-14(18)19-3/h5-9,11H,1-4H3,(H,16,18)/b15-9+,17-10+. The van der Waals surface area contributed by atoms with Crippen LogP contribution in [0.2, 0.25) is 0 Å². The van der Waals surface area contributed by atoms with Crippen molar-refractivity contribution in [1.29, 1.82) is 0 Å². The van der Waals surface area contributed by atoms with Crippen LogP contribution in [0.4, 0.5) is 10.5 Å². The van der Waals surface area contributed by atoms with E-state index in [0.29, 0.717) is 11.4 Å². The van der Waals surface area contributed by atoms with E-state index in [2.05, 4.69) is 25.2 Å². The normalized spacial score (nSPS) is 12.9. The van der Waals surface area contributed by atoms with Crippen molar-refractivity contribution in [3.8, 4) is 0 Å². The first-order valence-corrected chi connectivity index (χ1v) is 6.29. The number of carbonyl (C=O) groups is 1. The van der Waals surface area contributed by atoms with Gasteiger partial charge in [0.2, 0.25) is 0 Å². The van der Waals surface area contributed by atoms with Crippen molar-refractivity contribution >= 4 is 23.7 Å². The Labute approximate surface area is 123 Å². The van der Waals surface area contributed by atoms with E-state index in [9.17, 15) is 4.79 Å². The second kappa shape index (κ2) is 8.57. The predicted octanol–water partition coefficient (Wildman–Crippen LogP) is 2.95. The molecular formula is C14H19N3O4. The van der Waals surface area contributed by atoms with Crippen LogP contribution in [0, 0.1) is 0 Å². The quantitative estimate of drug-likeness (QED) is 0.645. The summed E-state index contributed by atoms with van der Waals surface area (Å²) in [6.07, 6.45) is 0.544. The van der Waals surface area contributed by atoms with Crippen LogP contribution in [0.15, 0.2) is 34.6 Å². The highest BCUT2D eigenvalue weighted by Gasteiger charge is 2.13. The Hall–Kier alpha value is -2.57. The zero-order valence-corrected chi connectivity index (χ0v) is 12.5. The van der Waals surface area contributed by atoms with Gasteiger partial charge in [0, 0.05) is 5.56 Å². The number of methoxy groups -OCH3 is 1. The van der Waals surface area contributed by atoms with Crippen molar-refractivity contribution in [2.45, 2.75) is 20.0 Å². The van der Waals surface area contributed by atoms with Gasteiger partial charge in [0.05, 0.1) is 24.7 Å². The van der Waals surface area contributed by atoms with Gasteiger partial charge < -0.3 is 14.4 Å². The molecule has 0 aliphatic rings. The molecule has 0 heterocycles. The third-order valence-corrected chi connectivity index (χ3v) is 2.51. The number of amides is 1. The topological polar surface area (TPSA) is 81.5 Å². The van der Waals surface area contributed by atoms with Gasteiger partial charge in [0.25, 0.3) is 0 Å². The van der Waals surface area contributed by atoms with E-state index in [0.717, 1.165) is 5.56 Å². The van der Waals surface area contributed by atoms with Crippen LogP contribution in [0.5, 0.6) is 0 Å². The number of anilines is 1. The first-order valence-electron chi connectivity index (χ1n) is 6.29. The summed E-state index contributed by atoms with van der Waals surface area (Å²) in [5.74, 6) is 0. The van der Waals surface area contributed by atoms with Gasteiger partial charge in [-0.15, -0.1) is 0 Å². The number of para-hydroxylation sites is 1. The summed E-state index contributed by atoms with van der Waals surface area (Å²) >= 11 is 0. The van der Waals surface area contributed by atoms with Gasteiger partial charge in [0.15, 0.2) is 6.10 Å². The highest BCUT2D eigenvalue weighted by molar-refractivity contribution is 6.29. The molecule has 1 atom stereocenters. The fourth-order valence-electron chi connectivity index (χ4n) is 1.55. The minimum Gasteiger partial charge on any atom is -0.453 e. The first kappa shape index (κ1) is 16.5. The molecule has 7 nitrogen and oxygen atoms in total. The lowest BCUT2D eigenvalue weighted by atomic mass is 10.1.